The van der Waals surface area contributed by atoms with Crippen molar-refractivity contribution < 1.29 is 9.53 Å². The van der Waals surface area contributed by atoms with Crippen LogP contribution in [0.1, 0.15) is 21.5 Å². The van der Waals surface area contributed by atoms with Crippen molar-refractivity contribution in [1.29, 1.82) is 0 Å². The number of fused-ring (bicyclic) bond motifs is 1. The first kappa shape index (κ1) is 22.7. The molecule has 7 heteroatoms. The van der Waals surface area contributed by atoms with E-state index in [-0.39, 0.29) is 5.56 Å². The van der Waals surface area contributed by atoms with Crippen LogP contribution in [0.3, 0.4) is 0 Å². The molecular formula is C28H28N4O3. The van der Waals surface area contributed by atoms with Crippen molar-refractivity contribution in [3.8, 4) is 5.69 Å². The van der Waals surface area contributed by atoms with Crippen LogP contribution in [0.2, 0.25) is 0 Å². The third kappa shape index (κ3) is 4.37. The Morgan fingerprint density at radius 1 is 0.829 bits per heavy atom. The number of nitrogens with zero attached hydrogens (tertiary/aromatic N) is 4. The molecule has 1 fully saturated rings. The quantitative estimate of drug-likeness (QED) is 0.420. The van der Waals surface area contributed by atoms with Gasteiger partial charge in [0.15, 0.2) is 0 Å². The van der Waals surface area contributed by atoms with E-state index in [0.717, 1.165) is 24.3 Å². The van der Waals surface area contributed by atoms with Gasteiger partial charge in [0.05, 0.1) is 29.3 Å². The highest BCUT2D eigenvalue weighted by Gasteiger charge is 2.24. The van der Waals surface area contributed by atoms with Crippen LogP contribution in [-0.2, 0) is 4.74 Å². The third-order valence-electron chi connectivity index (χ3n) is 6.46. The van der Waals surface area contributed by atoms with Gasteiger partial charge in [0.2, 0.25) is 5.95 Å². The number of rotatable bonds is 4. The summed E-state index contributed by atoms with van der Waals surface area (Å²) in [6.45, 7) is 7.16. The number of methoxy groups -OCH3 is 1. The number of anilines is 2. The van der Waals surface area contributed by atoms with Crippen molar-refractivity contribution in [2.75, 3.05) is 43.1 Å². The maximum absolute atomic E-state index is 13.7. The second kappa shape index (κ2) is 9.25. The molecule has 1 aromatic heterocycles. The Kier molecular flexibility index (Phi) is 5.99. The Hall–Kier alpha value is -4.13. The maximum atomic E-state index is 13.7. The number of piperazine rings is 1. The molecular weight excluding hydrogens is 440 g/mol. The molecule has 0 spiro atoms. The third-order valence-corrected chi connectivity index (χ3v) is 6.46. The van der Waals surface area contributed by atoms with E-state index < -0.39 is 5.97 Å². The molecule has 0 amide bonds. The van der Waals surface area contributed by atoms with Gasteiger partial charge in [0.25, 0.3) is 5.56 Å². The van der Waals surface area contributed by atoms with Crippen molar-refractivity contribution in [3.63, 3.8) is 0 Å². The van der Waals surface area contributed by atoms with E-state index in [9.17, 15) is 9.59 Å². The second-order valence-electron chi connectivity index (χ2n) is 8.93. The van der Waals surface area contributed by atoms with Crippen molar-refractivity contribution in [1.82, 2.24) is 9.55 Å². The number of carbonyl (C=O) groups excluding carboxylic acids is 1. The lowest BCUT2D eigenvalue weighted by atomic mass is 10.1. The Morgan fingerprint density at radius 3 is 2.11 bits per heavy atom. The Labute approximate surface area is 204 Å². The monoisotopic (exact) mass is 468 g/mol. The first-order valence-electron chi connectivity index (χ1n) is 11.7. The van der Waals surface area contributed by atoms with Gasteiger partial charge >= 0.3 is 5.97 Å². The van der Waals surface area contributed by atoms with E-state index in [1.807, 2.05) is 31.2 Å². The Morgan fingerprint density at radius 2 is 1.46 bits per heavy atom. The van der Waals surface area contributed by atoms with E-state index in [1.165, 1.54) is 18.4 Å². The highest BCUT2D eigenvalue weighted by Crippen LogP contribution is 2.24. The normalized spacial score (nSPS) is 13.8. The van der Waals surface area contributed by atoms with Gasteiger partial charge in [-0.1, -0.05) is 24.3 Å². The summed E-state index contributed by atoms with van der Waals surface area (Å²) in [5, 5.41) is 0.460. The lowest BCUT2D eigenvalue weighted by Crippen LogP contribution is -2.48. The van der Waals surface area contributed by atoms with Crippen LogP contribution in [0.25, 0.3) is 16.6 Å². The molecule has 0 atom stereocenters. The highest BCUT2D eigenvalue weighted by molar-refractivity contribution is 5.94. The molecule has 3 aromatic carbocycles. The van der Waals surface area contributed by atoms with Gasteiger partial charge in [-0.2, -0.15) is 0 Å². The number of aromatic nitrogens is 2. The topological polar surface area (TPSA) is 67.7 Å². The lowest BCUT2D eigenvalue weighted by Gasteiger charge is -2.37. The largest absolute Gasteiger partial charge is 0.465 e. The van der Waals surface area contributed by atoms with Crippen molar-refractivity contribution in [3.05, 3.63) is 93.8 Å². The molecule has 1 saturated heterocycles. The minimum absolute atomic E-state index is 0.159. The number of ether oxygens (including phenoxy) is 1. The molecule has 1 aliphatic rings. The molecule has 0 saturated carbocycles. The average molecular weight is 469 g/mol. The van der Waals surface area contributed by atoms with Gasteiger partial charge < -0.3 is 14.5 Å². The summed E-state index contributed by atoms with van der Waals surface area (Å²) in [4.78, 5) is 35.3. The molecule has 5 rings (SSSR count). The summed E-state index contributed by atoms with van der Waals surface area (Å²) < 4.78 is 6.55. The molecule has 0 bridgehead atoms. The van der Waals surface area contributed by atoms with Gasteiger partial charge in [-0.15, -0.1) is 0 Å². The van der Waals surface area contributed by atoms with Crippen LogP contribution in [-0.4, -0.2) is 48.8 Å². The zero-order valence-electron chi connectivity index (χ0n) is 20.2. The van der Waals surface area contributed by atoms with Crippen molar-refractivity contribution in [2.24, 2.45) is 0 Å². The second-order valence-corrected chi connectivity index (χ2v) is 8.93. The summed E-state index contributed by atoms with van der Waals surface area (Å²) in [6, 6.07) is 21.3. The lowest BCUT2D eigenvalue weighted by molar-refractivity contribution is 0.0601. The first-order valence-corrected chi connectivity index (χ1v) is 11.7. The molecule has 0 N–H and O–H groups in total. The highest BCUT2D eigenvalue weighted by atomic mass is 16.5. The number of benzene rings is 3. The number of esters is 1. The predicted molar refractivity (Wildman–Crippen MR) is 139 cm³/mol. The Bertz CT molecular complexity index is 1470. The van der Waals surface area contributed by atoms with Crippen LogP contribution < -0.4 is 15.4 Å². The van der Waals surface area contributed by atoms with Gasteiger partial charge in [0, 0.05) is 31.9 Å². The molecule has 1 aliphatic heterocycles. The maximum Gasteiger partial charge on any atom is 0.337 e. The van der Waals surface area contributed by atoms with Crippen LogP contribution in [0.4, 0.5) is 11.6 Å². The van der Waals surface area contributed by atoms with Gasteiger partial charge in [-0.25, -0.2) is 14.3 Å². The molecule has 0 unspecified atom stereocenters. The zero-order valence-corrected chi connectivity index (χ0v) is 20.2. The molecule has 35 heavy (non-hydrogen) atoms. The Balaban J connectivity index is 1.59. The van der Waals surface area contributed by atoms with Crippen molar-refractivity contribution in [2.45, 2.75) is 13.8 Å². The fraction of sp³-hybridized carbons (Fsp3) is 0.250. The number of aryl methyl sites for hydroxylation is 2. The number of hydrogen-bond donors (Lipinski definition) is 0. The minimum atomic E-state index is -0.454. The minimum Gasteiger partial charge on any atom is -0.465 e. The molecule has 0 aliphatic carbocycles. The van der Waals surface area contributed by atoms with Crippen molar-refractivity contribution >= 4 is 28.5 Å². The van der Waals surface area contributed by atoms with Crippen LogP contribution in [0.5, 0.6) is 0 Å². The summed E-state index contributed by atoms with van der Waals surface area (Å²) in [5.74, 6) is 0.129. The standard InChI is InChI=1S/C28H28N4O3/c1-19-6-4-8-22(16-19)30-12-14-31(15-13-30)28-29-25-18-21(27(34)35-3)10-11-24(25)26(33)32(28)23-9-5-7-20(2)17-23/h4-11,16-18H,12-15H2,1-3H3. The van der Waals surface area contributed by atoms with Gasteiger partial charge in [-0.3, -0.25) is 4.79 Å². The summed E-state index contributed by atoms with van der Waals surface area (Å²) in [5.41, 5.74) is 4.97. The molecule has 2 heterocycles. The van der Waals surface area contributed by atoms with Crippen LogP contribution >= 0.6 is 0 Å². The van der Waals surface area contributed by atoms with E-state index in [0.29, 0.717) is 35.5 Å². The molecule has 7 nitrogen and oxygen atoms in total. The van der Waals surface area contributed by atoms with Gasteiger partial charge in [-0.05, 0) is 67.4 Å². The van der Waals surface area contributed by atoms with Crippen LogP contribution in [0.15, 0.2) is 71.5 Å². The number of hydrogen-bond acceptors (Lipinski definition) is 6. The average Bonchev–Trinajstić information content (AvgIpc) is 2.88. The molecule has 4 aromatic rings. The molecule has 178 valence electrons. The smallest absolute Gasteiger partial charge is 0.337 e. The SMILES string of the molecule is COC(=O)c1ccc2c(=O)n(-c3cccc(C)c3)c(N3CCN(c4cccc(C)c4)CC3)nc2c1. The van der Waals surface area contributed by atoms with Crippen LogP contribution in [0, 0.1) is 13.8 Å². The molecule has 0 radical (unpaired) electrons. The fourth-order valence-electron chi connectivity index (χ4n) is 4.62. The zero-order chi connectivity index (χ0) is 24.5. The van der Waals surface area contributed by atoms with E-state index in [4.69, 9.17) is 9.72 Å². The fourth-order valence-corrected chi connectivity index (χ4v) is 4.62. The van der Waals surface area contributed by atoms with E-state index >= 15 is 0 Å². The summed E-state index contributed by atoms with van der Waals surface area (Å²) >= 11 is 0. The van der Waals surface area contributed by atoms with Gasteiger partial charge in [0.1, 0.15) is 0 Å². The summed E-state index contributed by atoms with van der Waals surface area (Å²) in [7, 11) is 1.34. The number of carbonyl (C=O) groups is 1. The van der Waals surface area contributed by atoms with E-state index in [1.54, 1.807) is 22.8 Å². The summed E-state index contributed by atoms with van der Waals surface area (Å²) in [6.07, 6.45) is 0. The predicted octanol–water partition coefficient (Wildman–Crippen LogP) is 4.12. The first-order chi connectivity index (χ1) is 16.9. The van der Waals surface area contributed by atoms with E-state index in [2.05, 4.69) is 41.0 Å².